The molecule has 0 aliphatic heterocycles. The van der Waals surface area contributed by atoms with Gasteiger partial charge in [-0.05, 0) is 12.1 Å². The Morgan fingerprint density at radius 3 is 2.92 bits per heavy atom. The summed E-state index contributed by atoms with van der Waals surface area (Å²) in [7, 11) is 1.53. The molecule has 1 heterocycles. The third-order valence-corrected chi connectivity index (χ3v) is 1.53. The second kappa shape index (κ2) is 4.51. The first-order valence-electron chi connectivity index (χ1n) is 4.02. The number of nitrogens with zero attached hydrogens (tertiary/aromatic N) is 1. The zero-order valence-corrected chi connectivity index (χ0v) is 7.58. The number of aromatic nitrogens is 1. The Balaban J connectivity index is 2.74. The number of methoxy groups -OCH3 is 1. The van der Waals surface area contributed by atoms with Crippen LogP contribution in [0.25, 0.3) is 0 Å². The van der Waals surface area contributed by atoms with Gasteiger partial charge in [-0.25, -0.2) is 0 Å². The van der Waals surface area contributed by atoms with Crippen molar-refractivity contribution in [1.29, 1.82) is 0 Å². The van der Waals surface area contributed by atoms with E-state index in [2.05, 4.69) is 10.3 Å². The highest BCUT2D eigenvalue weighted by Gasteiger charge is 2.01. The van der Waals surface area contributed by atoms with E-state index in [-0.39, 0.29) is 0 Å². The molecule has 0 aromatic carbocycles. The van der Waals surface area contributed by atoms with Crippen LogP contribution in [0.2, 0.25) is 0 Å². The molecule has 0 aliphatic rings. The van der Waals surface area contributed by atoms with Crippen LogP contribution < -0.4 is 21.5 Å². The molecular formula is C8H14N4O. The van der Waals surface area contributed by atoms with Crippen LogP contribution >= 0.6 is 0 Å². The maximum Gasteiger partial charge on any atom is 0.238 e. The number of ether oxygens (including phenoxy) is 1. The van der Waals surface area contributed by atoms with Gasteiger partial charge in [-0.1, -0.05) is 0 Å². The van der Waals surface area contributed by atoms with Gasteiger partial charge in [0.25, 0.3) is 0 Å². The standard InChI is InChI=1S/C8H14N4O/c1-13-8-6(10)2-3-7(12-8)11-5-4-9/h2-3H,4-5,9-10H2,1H3,(H,11,12). The van der Waals surface area contributed by atoms with Crippen molar-refractivity contribution in [3.8, 4) is 5.88 Å². The van der Waals surface area contributed by atoms with E-state index in [1.54, 1.807) is 12.1 Å². The molecule has 72 valence electrons. The third kappa shape index (κ3) is 2.48. The molecule has 0 unspecified atom stereocenters. The summed E-state index contributed by atoms with van der Waals surface area (Å²) in [6, 6.07) is 3.53. The molecule has 5 N–H and O–H groups in total. The lowest BCUT2D eigenvalue weighted by atomic mass is 10.4. The zero-order valence-electron chi connectivity index (χ0n) is 7.58. The molecule has 0 fully saturated rings. The summed E-state index contributed by atoms with van der Waals surface area (Å²) in [6.07, 6.45) is 0. The Morgan fingerprint density at radius 1 is 1.54 bits per heavy atom. The fraction of sp³-hybridized carbons (Fsp3) is 0.375. The number of nitrogens with two attached hydrogens (primary N) is 2. The normalized spacial score (nSPS) is 9.69. The minimum Gasteiger partial charge on any atom is -0.479 e. The molecule has 13 heavy (non-hydrogen) atoms. The number of nitrogens with one attached hydrogen (secondary N) is 1. The molecule has 0 amide bonds. The minimum atomic E-state index is 0.432. The van der Waals surface area contributed by atoms with Gasteiger partial charge in [0.2, 0.25) is 5.88 Å². The maximum atomic E-state index is 5.59. The number of nitrogen functional groups attached to an aromatic ring is 1. The summed E-state index contributed by atoms with van der Waals surface area (Å²) in [5.41, 5.74) is 11.4. The van der Waals surface area contributed by atoms with Crippen LogP contribution in [0.5, 0.6) is 5.88 Å². The Labute approximate surface area is 77.1 Å². The first kappa shape index (κ1) is 9.60. The lowest BCUT2D eigenvalue weighted by Gasteiger charge is -2.07. The third-order valence-electron chi connectivity index (χ3n) is 1.53. The van der Waals surface area contributed by atoms with Crippen molar-refractivity contribution in [2.24, 2.45) is 5.73 Å². The highest BCUT2D eigenvalue weighted by atomic mass is 16.5. The van der Waals surface area contributed by atoms with E-state index in [1.807, 2.05) is 0 Å². The van der Waals surface area contributed by atoms with Crippen LogP contribution in [-0.2, 0) is 0 Å². The summed E-state index contributed by atoms with van der Waals surface area (Å²) in [6.45, 7) is 1.24. The van der Waals surface area contributed by atoms with Gasteiger partial charge in [-0.2, -0.15) is 4.98 Å². The van der Waals surface area contributed by atoms with Crippen molar-refractivity contribution in [2.45, 2.75) is 0 Å². The number of hydrogen-bond acceptors (Lipinski definition) is 5. The molecule has 0 aliphatic carbocycles. The molecular weight excluding hydrogens is 168 g/mol. The van der Waals surface area contributed by atoms with Crippen LogP contribution in [0.15, 0.2) is 12.1 Å². The topological polar surface area (TPSA) is 86.2 Å². The lowest BCUT2D eigenvalue weighted by molar-refractivity contribution is 0.401. The Hall–Kier alpha value is -1.49. The SMILES string of the molecule is COc1nc(NCCN)ccc1N. The molecule has 1 rings (SSSR count). The number of rotatable bonds is 4. The van der Waals surface area contributed by atoms with Crippen molar-refractivity contribution in [2.75, 3.05) is 31.2 Å². The highest BCUT2D eigenvalue weighted by Crippen LogP contribution is 2.19. The summed E-state index contributed by atoms with van der Waals surface area (Å²) >= 11 is 0. The van der Waals surface area contributed by atoms with Gasteiger partial charge in [0, 0.05) is 13.1 Å². The van der Waals surface area contributed by atoms with Crippen LogP contribution in [0, 0.1) is 0 Å². The molecule has 5 heteroatoms. The molecule has 0 saturated heterocycles. The van der Waals surface area contributed by atoms with Crippen molar-refractivity contribution >= 4 is 11.5 Å². The Morgan fingerprint density at radius 2 is 2.31 bits per heavy atom. The fourth-order valence-electron chi connectivity index (χ4n) is 0.913. The van der Waals surface area contributed by atoms with E-state index in [0.29, 0.717) is 24.7 Å². The van der Waals surface area contributed by atoms with Crippen LogP contribution in [0.3, 0.4) is 0 Å². The van der Waals surface area contributed by atoms with Crippen molar-refractivity contribution in [3.63, 3.8) is 0 Å². The number of hydrogen-bond donors (Lipinski definition) is 3. The number of pyridine rings is 1. The lowest BCUT2D eigenvalue weighted by Crippen LogP contribution is -2.14. The van der Waals surface area contributed by atoms with Gasteiger partial charge in [0.1, 0.15) is 5.82 Å². The minimum absolute atomic E-state index is 0.432. The monoisotopic (exact) mass is 182 g/mol. The molecule has 1 aromatic heterocycles. The second-order valence-electron chi connectivity index (χ2n) is 2.51. The van der Waals surface area contributed by atoms with Gasteiger partial charge >= 0.3 is 0 Å². The Kier molecular flexibility index (Phi) is 3.33. The Bertz CT molecular complexity index is 277. The first-order chi connectivity index (χ1) is 6.27. The van der Waals surface area contributed by atoms with E-state index in [1.165, 1.54) is 7.11 Å². The summed E-state index contributed by atoms with van der Waals surface area (Å²) < 4.78 is 4.96. The van der Waals surface area contributed by atoms with Crippen LogP contribution in [-0.4, -0.2) is 25.2 Å². The average molecular weight is 182 g/mol. The quantitative estimate of drug-likeness (QED) is 0.612. The van der Waals surface area contributed by atoms with E-state index in [9.17, 15) is 0 Å². The molecule has 5 nitrogen and oxygen atoms in total. The average Bonchev–Trinajstić information content (AvgIpc) is 2.16. The van der Waals surface area contributed by atoms with Gasteiger partial charge in [-0.3, -0.25) is 0 Å². The largest absolute Gasteiger partial charge is 0.479 e. The summed E-state index contributed by atoms with van der Waals surface area (Å²) in [5.74, 6) is 1.15. The second-order valence-corrected chi connectivity index (χ2v) is 2.51. The van der Waals surface area contributed by atoms with Gasteiger partial charge in [0.15, 0.2) is 0 Å². The smallest absolute Gasteiger partial charge is 0.238 e. The van der Waals surface area contributed by atoms with E-state index >= 15 is 0 Å². The van der Waals surface area contributed by atoms with Gasteiger partial charge < -0.3 is 21.5 Å². The van der Waals surface area contributed by atoms with Gasteiger partial charge in [-0.15, -0.1) is 0 Å². The van der Waals surface area contributed by atoms with E-state index in [0.717, 1.165) is 5.82 Å². The first-order valence-corrected chi connectivity index (χ1v) is 4.02. The van der Waals surface area contributed by atoms with Crippen molar-refractivity contribution < 1.29 is 4.74 Å². The summed E-state index contributed by atoms with van der Waals surface area (Å²) in [4.78, 5) is 4.11. The molecule has 0 atom stereocenters. The molecule has 0 spiro atoms. The number of anilines is 2. The van der Waals surface area contributed by atoms with Gasteiger partial charge in [0.05, 0.1) is 12.8 Å². The van der Waals surface area contributed by atoms with Crippen LogP contribution in [0.4, 0.5) is 11.5 Å². The van der Waals surface area contributed by atoms with Crippen molar-refractivity contribution in [1.82, 2.24) is 4.98 Å². The van der Waals surface area contributed by atoms with Crippen LogP contribution in [0.1, 0.15) is 0 Å². The predicted molar refractivity (Wildman–Crippen MR) is 52.7 cm³/mol. The molecule has 0 radical (unpaired) electrons. The van der Waals surface area contributed by atoms with E-state index < -0.39 is 0 Å². The van der Waals surface area contributed by atoms with Crippen molar-refractivity contribution in [3.05, 3.63) is 12.1 Å². The molecule has 0 bridgehead atoms. The summed E-state index contributed by atoms with van der Waals surface area (Å²) in [5, 5.41) is 3.02. The molecule has 1 aromatic rings. The fourth-order valence-corrected chi connectivity index (χ4v) is 0.913. The highest BCUT2D eigenvalue weighted by molar-refractivity contribution is 5.53. The zero-order chi connectivity index (χ0) is 9.68. The van der Waals surface area contributed by atoms with E-state index in [4.69, 9.17) is 16.2 Å². The predicted octanol–water partition coefficient (Wildman–Crippen LogP) is 0.0430. The molecule has 0 saturated carbocycles. The maximum absolute atomic E-state index is 5.59.